The number of fused-ring (bicyclic) bond motifs is 1. The molecule has 4 aromatic carbocycles. The summed E-state index contributed by atoms with van der Waals surface area (Å²) in [6.45, 7) is 0.726. The quantitative estimate of drug-likeness (QED) is 0.161. The van der Waals surface area contributed by atoms with Crippen LogP contribution in [-0.2, 0) is 10.0 Å². The van der Waals surface area contributed by atoms with Gasteiger partial charge in [0.25, 0.3) is 5.91 Å². The number of primary amides is 1. The fourth-order valence-corrected chi connectivity index (χ4v) is 8.50. The Morgan fingerprint density at radius 3 is 2.00 bits per heavy atom. The lowest BCUT2D eigenvalue weighted by molar-refractivity contribution is 0.0997. The standard InChI is InChI=1S/C36H34Cl2N4O4S/c1-46-33-21-29(13-14-30(33)36(39)43)47(44,45)41-18-16-24(17-19-41)35-31-20-25(6-15-32(31)40-42(35)28-11-12-28)34(22-2-7-26(37)8-3-22)23-4-9-27(38)10-5-23/h2-10,13-15,20-21,24,28,34H,11-12,16-19H2,1H3,(H2,39,43). The number of halogens is 2. The van der Waals surface area contributed by atoms with Crippen molar-refractivity contribution in [3.05, 3.63) is 123 Å². The average Bonchev–Trinajstić information content (AvgIpc) is 3.86. The number of nitrogens with two attached hydrogens (primary N) is 1. The van der Waals surface area contributed by atoms with Gasteiger partial charge in [0.05, 0.1) is 29.1 Å². The van der Waals surface area contributed by atoms with Crippen LogP contribution in [0.2, 0.25) is 10.0 Å². The van der Waals surface area contributed by atoms with E-state index in [1.165, 1.54) is 35.3 Å². The number of methoxy groups -OCH3 is 1. The lowest BCUT2D eigenvalue weighted by atomic mass is 9.84. The number of hydrogen-bond acceptors (Lipinski definition) is 5. The van der Waals surface area contributed by atoms with Crippen LogP contribution < -0.4 is 10.5 Å². The number of carbonyl (C=O) groups excluding carboxylic acids is 1. The molecule has 2 N–H and O–H groups in total. The number of nitrogens with zero attached hydrogens (tertiary/aromatic N) is 3. The first kappa shape index (κ1) is 31.7. The lowest BCUT2D eigenvalue weighted by Gasteiger charge is -2.32. The van der Waals surface area contributed by atoms with Crippen LogP contribution in [0, 0.1) is 0 Å². The summed E-state index contributed by atoms with van der Waals surface area (Å²) >= 11 is 12.5. The van der Waals surface area contributed by atoms with Crippen molar-refractivity contribution in [3.63, 3.8) is 0 Å². The van der Waals surface area contributed by atoms with Gasteiger partial charge in [0.1, 0.15) is 5.75 Å². The number of carbonyl (C=O) groups is 1. The fraction of sp³-hybridized carbons (Fsp3) is 0.278. The molecule has 1 saturated carbocycles. The van der Waals surface area contributed by atoms with Gasteiger partial charge in [-0.25, -0.2) is 8.42 Å². The van der Waals surface area contributed by atoms with Gasteiger partial charge < -0.3 is 10.5 Å². The van der Waals surface area contributed by atoms with Crippen LogP contribution >= 0.6 is 23.2 Å². The van der Waals surface area contributed by atoms with E-state index in [0.29, 0.717) is 42.0 Å². The maximum absolute atomic E-state index is 13.7. The first-order valence-corrected chi connectivity index (χ1v) is 17.8. The van der Waals surface area contributed by atoms with E-state index in [4.69, 9.17) is 38.8 Å². The summed E-state index contributed by atoms with van der Waals surface area (Å²) in [5.74, 6) is -0.448. The fourth-order valence-electron chi connectivity index (χ4n) is 6.77. The SMILES string of the molecule is COc1cc(S(=O)(=O)N2CCC(c3c4cc(C(c5ccc(Cl)cc5)c5ccc(Cl)cc5)ccc4nn3C3CC3)CC2)ccc1C(N)=O. The number of benzene rings is 4. The Morgan fingerprint density at radius 1 is 0.851 bits per heavy atom. The minimum absolute atomic E-state index is 0.0454. The van der Waals surface area contributed by atoms with Crippen LogP contribution in [0.3, 0.4) is 0 Å². The minimum atomic E-state index is -3.81. The predicted octanol–water partition coefficient (Wildman–Crippen LogP) is 7.53. The highest BCUT2D eigenvalue weighted by Gasteiger charge is 2.36. The molecular weight excluding hydrogens is 655 g/mol. The zero-order valence-electron chi connectivity index (χ0n) is 25.8. The number of aromatic nitrogens is 2. The van der Waals surface area contributed by atoms with Crippen molar-refractivity contribution in [2.75, 3.05) is 20.2 Å². The third-order valence-electron chi connectivity index (χ3n) is 9.31. The molecule has 7 rings (SSSR count). The molecule has 1 saturated heterocycles. The number of rotatable bonds is 9. The lowest BCUT2D eigenvalue weighted by Crippen LogP contribution is -2.38. The Bertz CT molecular complexity index is 2020. The predicted molar refractivity (Wildman–Crippen MR) is 184 cm³/mol. The highest BCUT2D eigenvalue weighted by molar-refractivity contribution is 7.89. The van der Waals surface area contributed by atoms with E-state index in [0.717, 1.165) is 40.4 Å². The normalized spacial score (nSPS) is 16.2. The summed E-state index contributed by atoms with van der Waals surface area (Å²) in [6.07, 6.45) is 3.49. The highest BCUT2D eigenvalue weighted by Crippen LogP contribution is 2.44. The van der Waals surface area contributed by atoms with Gasteiger partial charge in [0, 0.05) is 52.1 Å². The molecule has 0 radical (unpaired) electrons. The van der Waals surface area contributed by atoms with Crippen molar-refractivity contribution in [1.82, 2.24) is 14.1 Å². The second-order valence-electron chi connectivity index (χ2n) is 12.3. The molecule has 1 aliphatic heterocycles. The Labute approximate surface area is 284 Å². The van der Waals surface area contributed by atoms with Gasteiger partial charge in [-0.1, -0.05) is 53.5 Å². The van der Waals surface area contributed by atoms with Crippen molar-refractivity contribution in [2.45, 2.75) is 48.5 Å². The molecule has 2 heterocycles. The zero-order chi connectivity index (χ0) is 32.9. The Kier molecular flexibility index (Phi) is 8.51. The second kappa shape index (κ2) is 12.6. The molecule has 242 valence electrons. The highest BCUT2D eigenvalue weighted by atomic mass is 35.5. The number of ether oxygens (including phenoxy) is 1. The molecule has 1 aromatic heterocycles. The van der Waals surface area contributed by atoms with Crippen molar-refractivity contribution in [3.8, 4) is 5.75 Å². The van der Waals surface area contributed by atoms with Crippen LogP contribution in [-0.4, -0.2) is 48.6 Å². The van der Waals surface area contributed by atoms with Crippen LogP contribution in [0.5, 0.6) is 5.75 Å². The maximum Gasteiger partial charge on any atom is 0.252 e. The van der Waals surface area contributed by atoms with E-state index in [2.05, 4.69) is 47.1 Å². The first-order chi connectivity index (χ1) is 22.6. The van der Waals surface area contributed by atoms with E-state index in [1.807, 2.05) is 24.3 Å². The largest absolute Gasteiger partial charge is 0.496 e. The van der Waals surface area contributed by atoms with Crippen molar-refractivity contribution >= 4 is 50.0 Å². The van der Waals surface area contributed by atoms with Gasteiger partial charge in [-0.2, -0.15) is 9.40 Å². The molecule has 47 heavy (non-hydrogen) atoms. The summed E-state index contributed by atoms with van der Waals surface area (Å²) in [6, 6.07) is 27.0. The Hall–Kier alpha value is -3.89. The van der Waals surface area contributed by atoms with Crippen molar-refractivity contribution in [1.29, 1.82) is 0 Å². The molecule has 8 nitrogen and oxygen atoms in total. The monoisotopic (exact) mass is 688 g/mol. The molecule has 0 unspecified atom stereocenters. The number of hydrogen-bond donors (Lipinski definition) is 1. The van der Waals surface area contributed by atoms with Gasteiger partial charge >= 0.3 is 0 Å². The summed E-state index contributed by atoms with van der Waals surface area (Å²) in [4.78, 5) is 11.8. The third-order valence-corrected chi connectivity index (χ3v) is 11.7. The van der Waals surface area contributed by atoms with Gasteiger partial charge in [-0.3, -0.25) is 9.48 Å². The van der Waals surface area contributed by atoms with Crippen LogP contribution in [0.15, 0.2) is 89.8 Å². The van der Waals surface area contributed by atoms with E-state index >= 15 is 0 Å². The molecule has 11 heteroatoms. The molecule has 1 amide bonds. The zero-order valence-corrected chi connectivity index (χ0v) is 28.1. The average molecular weight is 690 g/mol. The van der Waals surface area contributed by atoms with Gasteiger partial charge in [-0.15, -0.1) is 0 Å². The van der Waals surface area contributed by atoms with Crippen LogP contribution in [0.25, 0.3) is 10.9 Å². The molecular formula is C36H34Cl2N4O4S. The summed E-state index contributed by atoms with van der Waals surface area (Å²) in [5, 5.41) is 7.55. The summed E-state index contributed by atoms with van der Waals surface area (Å²) < 4.78 is 36.3. The first-order valence-electron chi connectivity index (χ1n) is 15.6. The molecule has 0 bridgehead atoms. The maximum atomic E-state index is 13.7. The molecule has 0 spiro atoms. The molecule has 5 aromatic rings. The van der Waals surface area contributed by atoms with Crippen LogP contribution in [0.1, 0.15) is 76.3 Å². The topological polar surface area (TPSA) is 108 Å². The Morgan fingerprint density at radius 2 is 1.45 bits per heavy atom. The van der Waals surface area contributed by atoms with E-state index in [1.54, 1.807) is 0 Å². The van der Waals surface area contributed by atoms with Gasteiger partial charge in [0.2, 0.25) is 10.0 Å². The van der Waals surface area contributed by atoms with E-state index in [-0.39, 0.29) is 28.0 Å². The smallest absolute Gasteiger partial charge is 0.252 e. The van der Waals surface area contributed by atoms with E-state index < -0.39 is 15.9 Å². The van der Waals surface area contributed by atoms with Gasteiger partial charge in [0.15, 0.2) is 0 Å². The number of amides is 1. The third kappa shape index (κ3) is 6.13. The van der Waals surface area contributed by atoms with Crippen LogP contribution in [0.4, 0.5) is 0 Å². The second-order valence-corrected chi connectivity index (χ2v) is 15.1. The summed E-state index contributed by atoms with van der Waals surface area (Å²) in [5.41, 5.74) is 11.1. The van der Waals surface area contributed by atoms with Crippen molar-refractivity contribution in [2.24, 2.45) is 5.73 Å². The minimum Gasteiger partial charge on any atom is -0.496 e. The summed E-state index contributed by atoms with van der Waals surface area (Å²) in [7, 11) is -2.43. The Balaban J connectivity index is 1.22. The molecule has 2 fully saturated rings. The molecule has 2 aliphatic rings. The number of sulfonamides is 1. The van der Waals surface area contributed by atoms with Crippen molar-refractivity contribution < 1.29 is 17.9 Å². The van der Waals surface area contributed by atoms with Gasteiger partial charge in [-0.05, 0) is 90.9 Å². The van der Waals surface area contributed by atoms with E-state index in [9.17, 15) is 13.2 Å². The molecule has 1 aliphatic carbocycles. The molecule has 0 atom stereocenters. The number of piperidine rings is 1.